The second-order valence-corrected chi connectivity index (χ2v) is 9.61. The van der Waals surface area contributed by atoms with E-state index in [1.807, 2.05) is 20.8 Å². The van der Waals surface area contributed by atoms with Crippen LogP contribution in [0, 0.1) is 0 Å². The molecule has 1 fully saturated rings. The number of esters is 1. The molecule has 0 aromatic rings. The summed E-state index contributed by atoms with van der Waals surface area (Å²) in [7, 11) is -2.56. The van der Waals surface area contributed by atoms with Gasteiger partial charge in [-0.25, -0.2) is 9.59 Å². The zero-order chi connectivity index (χ0) is 21.1. The summed E-state index contributed by atoms with van der Waals surface area (Å²) in [5.74, 6) is -0.310. The summed E-state index contributed by atoms with van der Waals surface area (Å²) in [6.07, 6.45) is 3.13. The molecule has 8 nitrogen and oxygen atoms in total. The number of ether oxygens (including phenoxy) is 2. The van der Waals surface area contributed by atoms with Crippen molar-refractivity contribution in [1.29, 1.82) is 0 Å². The van der Waals surface area contributed by atoms with Gasteiger partial charge in [-0.15, -0.1) is 0 Å². The van der Waals surface area contributed by atoms with Crippen molar-refractivity contribution in [3.63, 3.8) is 0 Å². The molecule has 1 heterocycles. The van der Waals surface area contributed by atoms with Crippen LogP contribution in [0.4, 0.5) is 4.79 Å². The third-order valence-electron chi connectivity index (χ3n) is 3.06. The van der Waals surface area contributed by atoms with E-state index in [4.69, 9.17) is 9.26 Å². The van der Waals surface area contributed by atoms with Crippen LogP contribution < -0.4 is 0 Å². The Kier molecular flexibility index (Phi) is 11.2. The SMILES string of the molecule is CC(C)(C)OC(=O)N1CCC(=O)C1.CCOC(=O)/C=C/CP(C)(=O)OCC. The molecule has 9 heteroatoms. The minimum absolute atomic E-state index is 0.103. The van der Waals surface area contributed by atoms with Crippen LogP contribution in [-0.4, -0.2) is 67.5 Å². The molecule has 27 heavy (non-hydrogen) atoms. The first-order chi connectivity index (χ1) is 12.4. The van der Waals surface area contributed by atoms with E-state index in [9.17, 15) is 18.9 Å². The van der Waals surface area contributed by atoms with Crippen molar-refractivity contribution in [3.8, 4) is 0 Å². The van der Waals surface area contributed by atoms with Crippen molar-refractivity contribution in [2.75, 3.05) is 39.1 Å². The topological polar surface area (TPSA) is 99.2 Å². The summed E-state index contributed by atoms with van der Waals surface area (Å²) in [6, 6.07) is 0. The monoisotopic (exact) mass is 405 g/mol. The van der Waals surface area contributed by atoms with E-state index in [0.717, 1.165) is 0 Å². The van der Waals surface area contributed by atoms with Gasteiger partial charge in [0.05, 0.1) is 19.8 Å². The van der Waals surface area contributed by atoms with Gasteiger partial charge in [0.2, 0.25) is 7.37 Å². The first kappa shape index (κ1) is 25.3. The third kappa shape index (κ3) is 13.2. The fourth-order valence-corrected chi connectivity index (χ4v) is 3.11. The smallest absolute Gasteiger partial charge is 0.410 e. The Morgan fingerprint density at radius 2 is 1.85 bits per heavy atom. The quantitative estimate of drug-likeness (QED) is 0.380. The average molecular weight is 405 g/mol. The Labute approximate surface area is 161 Å². The van der Waals surface area contributed by atoms with Gasteiger partial charge in [-0.1, -0.05) is 6.08 Å². The minimum atomic E-state index is -2.56. The molecular weight excluding hydrogens is 373 g/mol. The number of carbonyl (C=O) groups excluding carboxylic acids is 3. The van der Waals surface area contributed by atoms with Crippen LogP contribution >= 0.6 is 7.37 Å². The van der Waals surface area contributed by atoms with Crippen LogP contribution in [0.3, 0.4) is 0 Å². The normalized spacial score (nSPS) is 16.5. The standard InChI is InChI=1S/C9H15NO3.C9H17O4P/c1-9(2,3)13-8(12)10-5-4-7(11)6-10;1-4-12-9(10)7-6-8-14(3,11)13-5-2/h4-6H2,1-3H3;6-7H,4-5,8H2,1-3H3/b;7-6+. The number of hydrogen-bond acceptors (Lipinski definition) is 7. The van der Waals surface area contributed by atoms with E-state index in [-0.39, 0.29) is 18.5 Å². The fraction of sp³-hybridized carbons (Fsp3) is 0.722. The maximum Gasteiger partial charge on any atom is 0.410 e. The first-order valence-corrected chi connectivity index (χ1v) is 11.2. The second-order valence-electron chi connectivity index (χ2n) is 6.96. The molecule has 1 aliphatic heterocycles. The number of Topliss-reactive ketones (excluding diaryl/α,β-unsaturated/α-hetero) is 1. The maximum absolute atomic E-state index is 11.5. The van der Waals surface area contributed by atoms with E-state index >= 15 is 0 Å². The number of amides is 1. The highest BCUT2D eigenvalue weighted by Crippen LogP contribution is 2.41. The lowest BCUT2D eigenvalue weighted by molar-refractivity contribution is -0.137. The van der Waals surface area contributed by atoms with Gasteiger partial charge >= 0.3 is 12.1 Å². The van der Waals surface area contributed by atoms with E-state index < -0.39 is 25.0 Å². The molecule has 0 aliphatic carbocycles. The number of ketones is 1. The number of likely N-dealkylation sites (tertiary alicyclic amines) is 1. The van der Waals surface area contributed by atoms with Crippen molar-refractivity contribution in [2.24, 2.45) is 0 Å². The molecule has 0 saturated carbocycles. The number of carbonyl (C=O) groups is 3. The van der Waals surface area contributed by atoms with Crippen LogP contribution in [0.25, 0.3) is 0 Å². The molecule has 0 aromatic heterocycles. The lowest BCUT2D eigenvalue weighted by Gasteiger charge is -2.23. The molecule has 1 unspecified atom stereocenters. The predicted octanol–water partition coefficient (Wildman–Crippen LogP) is 3.25. The molecule has 1 atom stereocenters. The Morgan fingerprint density at radius 3 is 2.30 bits per heavy atom. The van der Waals surface area contributed by atoms with Crippen LogP contribution in [0.1, 0.15) is 41.0 Å². The van der Waals surface area contributed by atoms with Gasteiger partial charge in [-0.3, -0.25) is 9.36 Å². The first-order valence-electron chi connectivity index (χ1n) is 8.94. The summed E-state index contributed by atoms with van der Waals surface area (Å²) in [5, 5.41) is 0. The molecule has 0 aromatic carbocycles. The number of hydrogen-bond donors (Lipinski definition) is 0. The third-order valence-corrected chi connectivity index (χ3v) is 4.74. The van der Waals surface area contributed by atoms with Gasteiger partial charge in [0.15, 0.2) is 5.78 Å². The molecule has 1 aliphatic rings. The van der Waals surface area contributed by atoms with Crippen LogP contribution in [-0.2, 0) is 28.2 Å². The van der Waals surface area contributed by atoms with Crippen molar-refractivity contribution in [2.45, 2.75) is 46.6 Å². The van der Waals surface area contributed by atoms with Gasteiger partial charge in [0.1, 0.15) is 5.60 Å². The molecule has 156 valence electrons. The number of nitrogens with zero attached hydrogens (tertiary/aromatic N) is 1. The molecule has 0 N–H and O–H groups in total. The van der Waals surface area contributed by atoms with Gasteiger partial charge in [-0.2, -0.15) is 0 Å². The molecule has 1 saturated heterocycles. The van der Waals surface area contributed by atoms with Crippen molar-refractivity contribution in [3.05, 3.63) is 12.2 Å². The molecule has 0 radical (unpaired) electrons. The lowest BCUT2D eigenvalue weighted by Crippen LogP contribution is -2.35. The van der Waals surface area contributed by atoms with Gasteiger partial charge in [-0.05, 0) is 34.6 Å². The zero-order valence-corrected chi connectivity index (χ0v) is 18.0. The summed E-state index contributed by atoms with van der Waals surface area (Å²) >= 11 is 0. The minimum Gasteiger partial charge on any atom is -0.463 e. The summed E-state index contributed by atoms with van der Waals surface area (Å²) in [4.78, 5) is 34.5. The maximum atomic E-state index is 11.5. The van der Waals surface area contributed by atoms with E-state index in [1.165, 1.54) is 17.1 Å². The van der Waals surface area contributed by atoms with Crippen molar-refractivity contribution in [1.82, 2.24) is 4.90 Å². The summed E-state index contributed by atoms with van der Waals surface area (Å²) < 4.78 is 26.3. The van der Waals surface area contributed by atoms with E-state index in [0.29, 0.717) is 26.2 Å². The Bertz CT molecular complexity index is 581. The second kappa shape index (κ2) is 11.9. The Morgan fingerprint density at radius 1 is 1.22 bits per heavy atom. The Balaban J connectivity index is 0.000000501. The number of allylic oxidation sites excluding steroid dienone is 1. The Hall–Kier alpha value is -1.66. The van der Waals surface area contributed by atoms with Crippen LogP contribution in [0.15, 0.2) is 12.2 Å². The van der Waals surface area contributed by atoms with Gasteiger partial charge in [0, 0.05) is 31.9 Å². The van der Waals surface area contributed by atoms with Gasteiger partial charge in [0.25, 0.3) is 0 Å². The van der Waals surface area contributed by atoms with Crippen molar-refractivity contribution >= 4 is 25.2 Å². The highest BCUT2D eigenvalue weighted by atomic mass is 31.2. The largest absolute Gasteiger partial charge is 0.463 e. The molecular formula is C18H32NO7P. The van der Waals surface area contributed by atoms with Gasteiger partial charge < -0.3 is 18.9 Å². The highest BCUT2D eigenvalue weighted by molar-refractivity contribution is 7.58. The zero-order valence-electron chi connectivity index (χ0n) is 17.1. The lowest BCUT2D eigenvalue weighted by atomic mass is 10.2. The van der Waals surface area contributed by atoms with Crippen LogP contribution in [0.2, 0.25) is 0 Å². The highest BCUT2D eigenvalue weighted by Gasteiger charge is 2.27. The van der Waals surface area contributed by atoms with Crippen molar-refractivity contribution < 1.29 is 32.9 Å². The fourth-order valence-electron chi connectivity index (χ4n) is 1.97. The van der Waals surface area contributed by atoms with E-state index in [2.05, 4.69) is 4.74 Å². The molecule has 1 rings (SSSR count). The summed E-state index contributed by atoms with van der Waals surface area (Å²) in [5.41, 5.74) is -0.483. The molecule has 0 spiro atoms. The summed E-state index contributed by atoms with van der Waals surface area (Å²) in [6.45, 7) is 11.9. The average Bonchev–Trinajstić information content (AvgIpc) is 2.93. The number of rotatable bonds is 6. The van der Waals surface area contributed by atoms with Crippen LogP contribution in [0.5, 0.6) is 0 Å². The molecule has 0 bridgehead atoms. The molecule has 1 amide bonds. The predicted molar refractivity (Wildman–Crippen MR) is 103 cm³/mol. The van der Waals surface area contributed by atoms with E-state index in [1.54, 1.807) is 20.5 Å².